The number of carbonyl (C=O) groups is 1. The van der Waals surface area contributed by atoms with Gasteiger partial charge in [-0.05, 0) is 31.2 Å². The monoisotopic (exact) mass is 319 g/mol. The Labute approximate surface area is 137 Å². The average Bonchev–Trinajstić information content (AvgIpc) is 2.53. The first-order chi connectivity index (χ1) is 11.1. The minimum Gasteiger partial charge on any atom is -0.494 e. The van der Waals surface area contributed by atoms with E-state index in [9.17, 15) is 4.79 Å². The molecule has 0 unspecified atom stereocenters. The minimum absolute atomic E-state index is 0.683. The molecule has 1 saturated heterocycles. The summed E-state index contributed by atoms with van der Waals surface area (Å²) in [6.07, 6.45) is 2.53. The van der Waals surface area contributed by atoms with Crippen molar-refractivity contribution in [2.24, 2.45) is 10.8 Å². The van der Waals surface area contributed by atoms with Crippen molar-refractivity contribution in [3.05, 3.63) is 29.8 Å². The van der Waals surface area contributed by atoms with Crippen molar-refractivity contribution in [1.29, 1.82) is 0 Å². The Balaban J connectivity index is 1.69. The highest BCUT2D eigenvalue weighted by Gasteiger charge is 2.12. The molecule has 7 heteroatoms. The average molecular weight is 319 g/mol. The number of carbonyl (C=O) groups excluding carboxylic acids is 1. The van der Waals surface area contributed by atoms with Crippen molar-refractivity contribution in [2.75, 3.05) is 46.4 Å². The van der Waals surface area contributed by atoms with Crippen molar-refractivity contribution in [2.45, 2.75) is 6.42 Å². The van der Waals surface area contributed by atoms with Crippen molar-refractivity contribution in [3.8, 4) is 5.75 Å². The van der Waals surface area contributed by atoms with Gasteiger partial charge in [-0.1, -0.05) is 12.1 Å². The van der Waals surface area contributed by atoms with E-state index in [-0.39, 0.29) is 0 Å². The number of nitrogens with two attached hydrogens (primary N) is 1. The van der Waals surface area contributed by atoms with Crippen LogP contribution in [-0.2, 0) is 0 Å². The van der Waals surface area contributed by atoms with Crippen molar-refractivity contribution < 1.29 is 9.53 Å². The molecule has 1 aromatic rings. The Morgan fingerprint density at radius 2 is 2.17 bits per heavy atom. The molecule has 126 valence electrons. The van der Waals surface area contributed by atoms with Crippen molar-refractivity contribution in [3.63, 3.8) is 0 Å². The zero-order chi connectivity index (χ0) is 16.5. The van der Waals surface area contributed by atoms with Gasteiger partial charge < -0.3 is 20.3 Å². The highest BCUT2D eigenvalue weighted by Crippen LogP contribution is 2.12. The van der Waals surface area contributed by atoms with E-state index < -0.39 is 6.03 Å². The van der Waals surface area contributed by atoms with Crippen LogP contribution in [0.1, 0.15) is 12.0 Å². The maximum Gasteiger partial charge on any atom is 0.332 e. The van der Waals surface area contributed by atoms with Gasteiger partial charge in [0.05, 0.1) is 12.8 Å². The molecule has 1 aliphatic heterocycles. The third-order valence-corrected chi connectivity index (χ3v) is 3.73. The van der Waals surface area contributed by atoms with Crippen LogP contribution >= 0.6 is 0 Å². The normalized spacial score (nSPS) is 16.6. The number of piperazine rings is 1. The molecule has 0 radical (unpaired) electrons. The van der Waals surface area contributed by atoms with E-state index in [1.165, 1.54) is 6.21 Å². The van der Waals surface area contributed by atoms with Crippen LogP contribution in [0.5, 0.6) is 5.75 Å². The third kappa shape index (κ3) is 6.66. The Morgan fingerprint density at radius 1 is 1.39 bits per heavy atom. The molecule has 1 aliphatic rings. The molecular formula is C16H25N5O2. The fraction of sp³-hybridized carbons (Fsp3) is 0.500. The van der Waals surface area contributed by atoms with Gasteiger partial charge in [0.25, 0.3) is 0 Å². The van der Waals surface area contributed by atoms with E-state index in [2.05, 4.69) is 27.4 Å². The maximum atomic E-state index is 10.5. The Kier molecular flexibility index (Phi) is 6.83. The maximum absolute atomic E-state index is 10.5. The van der Waals surface area contributed by atoms with Crippen molar-refractivity contribution in [1.82, 2.24) is 15.2 Å². The lowest BCUT2D eigenvalue weighted by molar-refractivity contribution is 0.145. The van der Waals surface area contributed by atoms with E-state index in [1.807, 2.05) is 24.3 Å². The standard InChI is InChI=1S/C16H25N5O2/c1-20-7-9-21(10-8-20)6-3-11-23-15-5-2-4-14(12-15)13-18-19-16(17)22/h2,4-5,12-13H,3,6-11H2,1H3,(H3,17,19,22). The molecule has 2 rings (SSSR count). The molecule has 1 fully saturated rings. The molecular weight excluding hydrogens is 294 g/mol. The van der Waals surface area contributed by atoms with Gasteiger partial charge in [0.1, 0.15) is 5.75 Å². The van der Waals surface area contributed by atoms with Gasteiger partial charge in [-0.25, -0.2) is 10.2 Å². The fourth-order valence-corrected chi connectivity index (χ4v) is 2.40. The highest BCUT2D eigenvalue weighted by molar-refractivity contribution is 5.81. The second-order valence-corrected chi connectivity index (χ2v) is 5.65. The molecule has 2 amide bonds. The molecule has 0 atom stereocenters. The second kappa shape index (κ2) is 9.12. The number of urea groups is 1. The van der Waals surface area contributed by atoms with Crippen LogP contribution in [0.4, 0.5) is 4.79 Å². The molecule has 0 saturated carbocycles. The Hall–Kier alpha value is -2.12. The van der Waals surface area contributed by atoms with Gasteiger partial charge in [-0.15, -0.1) is 0 Å². The molecule has 0 spiro atoms. The number of nitrogens with zero attached hydrogens (tertiary/aromatic N) is 3. The first kappa shape index (κ1) is 17.2. The summed E-state index contributed by atoms with van der Waals surface area (Å²) in [4.78, 5) is 15.4. The number of likely N-dealkylation sites (N-methyl/N-ethyl adjacent to an activating group) is 1. The van der Waals surface area contributed by atoms with Gasteiger partial charge in [-0.2, -0.15) is 5.10 Å². The lowest BCUT2D eigenvalue weighted by atomic mass is 10.2. The highest BCUT2D eigenvalue weighted by atomic mass is 16.5. The number of nitrogens with one attached hydrogen (secondary N) is 1. The largest absolute Gasteiger partial charge is 0.494 e. The summed E-state index contributed by atoms with van der Waals surface area (Å²) in [7, 11) is 2.16. The topological polar surface area (TPSA) is 83.2 Å². The number of primary amides is 1. The van der Waals surface area contributed by atoms with Gasteiger partial charge >= 0.3 is 6.03 Å². The summed E-state index contributed by atoms with van der Waals surface area (Å²) in [5.74, 6) is 0.798. The molecule has 1 aromatic carbocycles. The lowest BCUT2D eigenvalue weighted by Gasteiger charge is -2.32. The van der Waals surface area contributed by atoms with E-state index >= 15 is 0 Å². The van der Waals surface area contributed by atoms with Gasteiger partial charge in [0.2, 0.25) is 0 Å². The summed E-state index contributed by atoms with van der Waals surface area (Å²) in [5, 5.41) is 3.73. The number of rotatable bonds is 7. The summed E-state index contributed by atoms with van der Waals surface area (Å²) in [5.41, 5.74) is 7.95. The zero-order valence-electron chi connectivity index (χ0n) is 13.6. The van der Waals surface area contributed by atoms with E-state index in [1.54, 1.807) is 0 Å². The van der Waals surface area contributed by atoms with Gasteiger partial charge in [0.15, 0.2) is 0 Å². The quantitative estimate of drug-likeness (QED) is 0.440. The van der Waals surface area contributed by atoms with Gasteiger partial charge in [-0.3, -0.25) is 0 Å². The number of hydrogen-bond acceptors (Lipinski definition) is 5. The molecule has 23 heavy (non-hydrogen) atoms. The number of ether oxygens (including phenoxy) is 1. The molecule has 0 aliphatic carbocycles. The van der Waals surface area contributed by atoms with Gasteiger partial charge in [0, 0.05) is 32.7 Å². The van der Waals surface area contributed by atoms with Crippen LogP contribution in [0.3, 0.4) is 0 Å². The molecule has 7 nitrogen and oxygen atoms in total. The summed E-state index contributed by atoms with van der Waals surface area (Å²) in [6.45, 7) is 6.30. The number of hydrazone groups is 1. The van der Waals surface area contributed by atoms with Crippen LogP contribution in [-0.4, -0.2) is 68.4 Å². The predicted octanol–water partition coefficient (Wildman–Crippen LogP) is 0.705. The van der Waals surface area contributed by atoms with E-state index in [4.69, 9.17) is 10.5 Å². The fourth-order valence-electron chi connectivity index (χ4n) is 2.40. The third-order valence-electron chi connectivity index (χ3n) is 3.73. The van der Waals surface area contributed by atoms with Crippen LogP contribution < -0.4 is 15.9 Å². The molecule has 1 heterocycles. The van der Waals surface area contributed by atoms with Crippen LogP contribution in [0.25, 0.3) is 0 Å². The first-order valence-electron chi connectivity index (χ1n) is 7.86. The summed E-state index contributed by atoms with van der Waals surface area (Å²) >= 11 is 0. The predicted molar refractivity (Wildman–Crippen MR) is 90.8 cm³/mol. The number of amides is 2. The first-order valence-corrected chi connectivity index (χ1v) is 7.86. The van der Waals surface area contributed by atoms with E-state index in [0.717, 1.165) is 50.5 Å². The SMILES string of the molecule is CN1CCN(CCCOc2cccc(C=NNC(N)=O)c2)CC1. The van der Waals surface area contributed by atoms with E-state index in [0.29, 0.717) is 6.61 Å². The van der Waals surface area contributed by atoms with Crippen LogP contribution in [0, 0.1) is 0 Å². The Bertz CT molecular complexity index is 527. The van der Waals surface area contributed by atoms with Crippen molar-refractivity contribution >= 4 is 12.2 Å². The minimum atomic E-state index is -0.683. The lowest BCUT2D eigenvalue weighted by Crippen LogP contribution is -2.44. The van der Waals surface area contributed by atoms with Crippen LogP contribution in [0.2, 0.25) is 0 Å². The summed E-state index contributed by atoms with van der Waals surface area (Å²) in [6, 6.07) is 6.87. The smallest absolute Gasteiger partial charge is 0.332 e. The second-order valence-electron chi connectivity index (χ2n) is 5.65. The number of hydrogen-bond donors (Lipinski definition) is 2. The molecule has 0 aromatic heterocycles. The summed E-state index contributed by atoms with van der Waals surface area (Å²) < 4.78 is 5.78. The molecule has 3 N–H and O–H groups in total. The number of benzene rings is 1. The Morgan fingerprint density at radius 3 is 2.91 bits per heavy atom. The molecule has 0 bridgehead atoms. The van der Waals surface area contributed by atoms with Crippen LogP contribution in [0.15, 0.2) is 29.4 Å². The zero-order valence-corrected chi connectivity index (χ0v) is 13.6.